The molecule has 0 amide bonds. The van der Waals surface area contributed by atoms with E-state index in [0.29, 0.717) is 10.6 Å². The van der Waals surface area contributed by atoms with Crippen molar-refractivity contribution in [1.29, 1.82) is 0 Å². The number of hydrogen-bond acceptors (Lipinski definition) is 2. The average molecular weight is 296 g/mol. The molecule has 0 N–H and O–H groups in total. The van der Waals surface area contributed by atoms with Crippen LogP contribution in [0.3, 0.4) is 0 Å². The Morgan fingerprint density at radius 3 is 2.43 bits per heavy atom. The minimum absolute atomic E-state index is 0.0234. The Hall–Kier alpha value is -2.19. The van der Waals surface area contributed by atoms with Crippen LogP contribution in [0.15, 0.2) is 48.5 Å². The Balaban J connectivity index is 2.10. The fourth-order valence-corrected chi connectivity index (χ4v) is 2.70. The van der Waals surface area contributed by atoms with Crippen LogP contribution in [0.4, 0.5) is 0 Å². The zero-order valence-electron chi connectivity index (χ0n) is 11.9. The van der Waals surface area contributed by atoms with Crippen molar-refractivity contribution in [2.24, 2.45) is 0 Å². The molecular weight excluding hydrogens is 282 g/mol. The number of carbonyl (C=O) groups is 1. The average Bonchev–Trinajstić information content (AvgIpc) is 2.46. The lowest BCUT2D eigenvalue weighted by Gasteiger charge is -2.07. The summed E-state index contributed by atoms with van der Waals surface area (Å²) < 4.78 is 0. The van der Waals surface area contributed by atoms with E-state index in [-0.39, 0.29) is 5.78 Å². The molecule has 1 heterocycles. The number of Topliss-reactive ketones (excluding diaryl/α,β-unsaturated/α-hetero) is 1. The summed E-state index contributed by atoms with van der Waals surface area (Å²) in [5.41, 5.74) is 4.59. The van der Waals surface area contributed by atoms with Gasteiger partial charge in [-0.2, -0.15) is 0 Å². The van der Waals surface area contributed by atoms with Gasteiger partial charge in [0, 0.05) is 16.6 Å². The van der Waals surface area contributed by atoms with Crippen molar-refractivity contribution >= 4 is 28.3 Å². The van der Waals surface area contributed by atoms with Gasteiger partial charge in [-0.05, 0) is 55.3 Å². The summed E-state index contributed by atoms with van der Waals surface area (Å²) in [7, 11) is 0. The van der Waals surface area contributed by atoms with Crippen molar-refractivity contribution in [1.82, 2.24) is 4.98 Å². The second kappa shape index (κ2) is 5.30. The van der Waals surface area contributed by atoms with Gasteiger partial charge in [-0.1, -0.05) is 29.8 Å². The number of fused-ring (bicyclic) bond motifs is 1. The summed E-state index contributed by atoms with van der Waals surface area (Å²) in [5.74, 6) is -0.0234. The third-order valence-corrected chi connectivity index (χ3v) is 3.82. The highest BCUT2D eigenvalue weighted by Gasteiger charge is 2.08. The van der Waals surface area contributed by atoms with Gasteiger partial charge in [-0.3, -0.25) is 9.78 Å². The molecule has 0 spiro atoms. The maximum atomic E-state index is 11.4. The third kappa shape index (κ3) is 2.67. The number of carbonyl (C=O) groups excluding carboxylic acids is 1. The third-order valence-electron chi connectivity index (χ3n) is 3.51. The summed E-state index contributed by atoms with van der Waals surface area (Å²) >= 11 is 6.18. The van der Waals surface area contributed by atoms with Gasteiger partial charge in [-0.25, -0.2) is 0 Å². The Bertz CT molecular complexity index is 855. The molecule has 3 heteroatoms. The van der Waals surface area contributed by atoms with E-state index in [1.54, 1.807) is 6.07 Å². The number of aromatic nitrogens is 1. The van der Waals surface area contributed by atoms with Crippen molar-refractivity contribution in [3.63, 3.8) is 0 Å². The fraction of sp³-hybridized carbons (Fsp3) is 0.111. The number of hydrogen-bond donors (Lipinski definition) is 0. The number of rotatable bonds is 2. The zero-order valence-corrected chi connectivity index (χ0v) is 12.6. The van der Waals surface area contributed by atoms with Gasteiger partial charge in [0.25, 0.3) is 0 Å². The van der Waals surface area contributed by atoms with E-state index in [0.717, 1.165) is 27.7 Å². The number of nitrogens with zero attached hydrogens (tertiary/aromatic N) is 1. The number of pyridine rings is 1. The van der Waals surface area contributed by atoms with Crippen LogP contribution in [0.1, 0.15) is 23.0 Å². The molecule has 2 nitrogen and oxygen atoms in total. The molecule has 0 bridgehead atoms. The lowest BCUT2D eigenvalue weighted by atomic mass is 10.0. The van der Waals surface area contributed by atoms with Crippen LogP contribution in [0.25, 0.3) is 22.0 Å². The lowest BCUT2D eigenvalue weighted by molar-refractivity contribution is 0.101. The maximum Gasteiger partial charge on any atom is 0.161 e. The van der Waals surface area contributed by atoms with Gasteiger partial charge in [-0.15, -0.1) is 0 Å². The van der Waals surface area contributed by atoms with Crippen LogP contribution in [0.2, 0.25) is 5.02 Å². The summed E-state index contributed by atoms with van der Waals surface area (Å²) in [4.78, 5) is 15.9. The second-order valence-electron chi connectivity index (χ2n) is 5.11. The smallest absolute Gasteiger partial charge is 0.161 e. The Labute approximate surface area is 128 Å². The molecule has 3 rings (SSSR count). The van der Waals surface area contributed by atoms with Crippen molar-refractivity contribution in [3.05, 3.63) is 64.8 Å². The van der Waals surface area contributed by atoms with Gasteiger partial charge in [0.1, 0.15) is 0 Å². The first-order chi connectivity index (χ1) is 10.0. The van der Waals surface area contributed by atoms with Crippen molar-refractivity contribution in [2.75, 3.05) is 0 Å². The minimum Gasteiger partial charge on any atom is -0.294 e. The fourth-order valence-electron chi connectivity index (χ4n) is 2.39. The number of ketones is 1. The number of aryl methyl sites for hydroxylation is 1. The molecule has 0 saturated carbocycles. The van der Waals surface area contributed by atoms with Gasteiger partial charge >= 0.3 is 0 Å². The molecule has 21 heavy (non-hydrogen) atoms. The Morgan fingerprint density at radius 1 is 1.00 bits per heavy atom. The molecule has 0 fully saturated rings. The minimum atomic E-state index is -0.0234. The predicted molar refractivity (Wildman–Crippen MR) is 86.9 cm³/mol. The molecule has 2 aromatic carbocycles. The Kier molecular flexibility index (Phi) is 3.48. The maximum absolute atomic E-state index is 11.4. The monoisotopic (exact) mass is 295 g/mol. The molecule has 0 aliphatic rings. The quantitative estimate of drug-likeness (QED) is 0.618. The largest absolute Gasteiger partial charge is 0.294 e. The van der Waals surface area contributed by atoms with Crippen LogP contribution >= 0.6 is 11.6 Å². The summed E-state index contributed by atoms with van der Waals surface area (Å²) in [6, 6.07) is 15.7. The molecule has 0 unspecified atom stereocenters. The van der Waals surface area contributed by atoms with Crippen LogP contribution in [0, 0.1) is 6.92 Å². The van der Waals surface area contributed by atoms with E-state index in [4.69, 9.17) is 11.6 Å². The van der Waals surface area contributed by atoms with E-state index >= 15 is 0 Å². The van der Waals surface area contributed by atoms with Crippen LogP contribution in [0.5, 0.6) is 0 Å². The first kappa shape index (κ1) is 13.8. The molecule has 104 valence electrons. The van der Waals surface area contributed by atoms with Gasteiger partial charge in [0.2, 0.25) is 0 Å². The van der Waals surface area contributed by atoms with E-state index in [2.05, 4.69) is 17.1 Å². The highest BCUT2D eigenvalue weighted by molar-refractivity contribution is 6.34. The first-order valence-corrected chi connectivity index (χ1v) is 7.11. The summed E-state index contributed by atoms with van der Waals surface area (Å²) in [6.45, 7) is 3.50. The first-order valence-electron chi connectivity index (χ1n) is 6.73. The highest BCUT2D eigenvalue weighted by atomic mass is 35.5. The molecule has 0 aliphatic heterocycles. The van der Waals surface area contributed by atoms with Gasteiger partial charge < -0.3 is 0 Å². The predicted octanol–water partition coefficient (Wildman–Crippen LogP) is 5.07. The molecule has 0 radical (unpaired) electrons. The van der Waals surface area contributed by atoms with E-state index < -0.39 is 0 Å². The standard InChI is InChI=1S/C18H14ClNO/c1-11-3-4-15-9-13(6-8-18(15)20-11)14-5-7-16(12(2)21)17(19)10-14/h3-10H,1-2H3. The summed E-state index contributed by atoms with van der Waals surface area (Å²) in [5, 5.41) is 1.58. The van der Waals surface area contributed by atoms with Crippen molar-refractivity contribution < 1.29 is 4.79 Å². The molecule has 0 aliphatic carbocycles. The molecule has 0 saturated heterocycles. The van der Waals surface area contributed by atoms with Gasteiger partial charge in [0.15, 0.2) is 5.78 Å². The normalized spacial score (nSPS) is 10.8. The van der Waals surface area contributed by atoms with E-state index in [9.17, 15) is 4.79 Å². The second-order valence-corrected chi connectivity index (χ2v) is 5.52. The number of benzene rings is 2. The topological polar surface area (TPSA) is 30.0 Å². The number of halogens is 1. The lowest BCUT2D eigenvalue weighted by Crippen LogP contribution is -1.93. The molecule has 3 aromatic rings. The van der Waals surface area contributed by atoms with Gasteiger partial charge in [0.05, 0.1) is 10.5 Å². The summed E-state index contributed by atoms with van der Waals surface area (Å²) in [6.07, 6.45) is 0. The van der Waals surface area contributed by atoms with Crippen molar-refractivity contribution in [3.8, 4) is 11.1 Å². The van der Waals surface area contributed by atoms with Crippen LogP contribution in [-0.4, -0.2) is 10.8 Å². The highest BCUT2D eigenvalue weighted by Crippen LogP contribution is 2.28. The molecule has 1 aromatic heterocycles. The SMILES string of the molecule is CC(=O)c1ccc(-c2ccc3nc(C)ccc3c2)cc1Cl. The van der Waals surface area contributed by atoms with E-state index in [1.807, 2.05) is 37.3 Å². The van der Waals surface area contributed by atoms with Crippen molar-refractivity contribution in [2.45, 2.75) is 13.8 Å². The molecule has 0 atom stereocenters. The molecular formula is C18H14ClNO. The van der Waals surface area contributed by atoms with Crippen LogP contribution < -0.4 is 0 Å². The zero-order chi connectivity index (χ0) is 15.0. The van der Waals surface area contributed by atoms with E-state index in [1.165, 1.54) is 6.92 Å². The van der Waals surface area contributed by atoms with Crippen LogP contribution in [-0.2, 0) is 0 Å². The Morgan fingerprint density at radius 2 is 1.71 bits per heavy atom.